The minimum absolute atomic E-state index is 0.141. The van der Waals surface area contributed by atoms with Crippen LogP contribution in [0.15, 0.2) is 30.5 Å². The normalized spacial score (nSPS) is 11.1. The van der Waals surface area contributed by atoms with Crippen LogP contribution in [0.3, 0.4) is 0 Å². The molecule has 1 rings (SSSR count). The fraction of sp³-hybridized carbons (Fsp3) is 0.308. The number of benzene rings is 1. The fourth-order valence-electron chi connectivity index (χ4n) is 1.28. The lowest BCUT2D eigenvalue weighted by Crippen LogP contribution is -2.18. The number of aryl methyl sites for hydroxylation is 1. The van der Waals surface area contributed by atoms with Crippen LogP contribution in [0.25, 0.3) is 5.70 Å². The van der Waals surface area contributed by atoms with Gasteiger partial charge in [0.2, 0.25) is 5.91 Å². The van der Waals surface area contributed by atoms with Crippen molar-refractivity contribution in [2.24, 2.45) is 0 Å². The summed E-state index contributed by atoms with van der Waals surface area (Å²) in [4.78, 5) is 11.1. The molecule has 17 heavy (non-hydrogen) atoms. The maximum Gasteiger partial charge on any atom is 0.221 e. The predicted octanol–water partition coefficient (Wildman–Crippen LogP) is 2.05. The molecule has 0 atom stereocenters. The molecule has 0 bridgehead atoms. The maximum absolute atomic E-state index is 11.1. The minimum Gasteiger partial charge on any atom is -0.473 e. The van der Waals surface area contributed by atoms with Crippen molar-refractivity contribution in [3.63, 3.8) is 0 Å². The lowest BCUT2D eigenvalue weighted by molar-refractivity contribution is -0.117. The second-order valence-corrected chi connectivity index (χ2v) is 3.65. The van der Waals surface area contributed by atoms with Gasteiger partial charge in [0, 0.05) is 19.6 Å². The SMILES string of the molecule is COCO/C=C(/NC(C)=O)c1ccc(C)cc1. The molecule has 0 saturated carbocycles. The molecule has 4 heteroatoms. The first-order chi connectivity index (χ1) is 8.13. The number of amides is 1. The molecular formula is C13H17NO3. The van der Waals surface area contributed by atoms with E-state index in [9.17, 15) is 4.79 Å². The van der Waals surface area contributed by atoms with Gasteiger partial charge < -0.3 is 14.8 Å². The Morgan fingerprint density at radius 3 is 2.53 bits per heavy atom. The highest BCUT2D eigenvalue weighted by Crippen LogP contribution is 2.12. The Hall–Kier alpha value is -1.81. The number of ether oxygens (including phenoxy) is 2. The summed E-state index contributed by atoms with van der Waals surface area (Å²) in [7, 11) is 1.54. The van der Waals surface area contributed by atoms with E-state index in [-0.39, 0.29) is 12.7 Å². The molecule has 0 spiro atoms. The molecule has 4 nitrogen and oxygen atoms in total. The molecule has 1 amide bonds. The molecule has 0 unspecified atom stereocenters. The molecule has 92 valence electrons. The summed E-state index contributed by atoms with van der Waals surface area (Å²) in [6.45, 7) is 3.61. The van der Waals surface area contributed by atoms with Crippen molar-refractivity contribution in [2.75, 3.05) is 13.9 Å². The van der Waals surface area contributed by atoms with Crippen LogP contribution < -0.4 is 5.32 Å². The molecule has 0 aliphatic rings. The second-order valence-electron chi connectivity index (χ2n) is 3.65. The zero-order valence-corrected chi connectivity index (χ0v) is 10.3. The topological polar surface area (TPSA) is 47.6 Å². The van der Waals surface area contributed by atoms with E-state index in [1.807, 2.05) is 31.2 Å². The summed E-state index contributed by atoms with van der Waals surface area (Å²) in [6.07, 6.45) is 1.48. The third-order valence-electron chi connectivity index (χ3n) is 2.06. The number of methoxy groups -OCH3 is 1. The van der Waals surface area contributed by atoms with Gasteiger partial charge in [-0.05, 0) is 6.92 Å². The van der Waals surface area contributed by atoms with Gasteiger partial charge in [-0.3, -0.25) is 4.79 Å². The van der Waals surface area contributed by atoms with Gasteiger partial charge >= 0.3 is 0 Å². The van der Waals surface area contributed by atoms with Gasteiger partial charge in [0.15, 0.2) is 6.79 Å². The first kappa shape index (κ1) is 13.3. The molecule has 0 heterocycles. The molecule has 1 aromatic carbocycles. The van der Waals surface area contributed by atoms with Crippen LogP contribution in [-0.2, 0) is 14.3 Å². The van der Waals surface area contributed by atoms with Gasteiger partial charge in [0.25, 0.3) is 0 Å². The molecule has 0 aliphatic carbocycles. The number of hydrogen-bond donors (Lipinski definition) is 1. The Kier molecular flexibility index (Phi) is 5.23. The molecule has 0 radical (unpaired) electrons. The quantitative estimate of drug-likeness (QED) is 0.482. The van der Waals surface area contributed by atoms with Gasteiger partial charge in [-0.15, -0.1) is 0 Å². The smallest absolute Gasteiger partial charge is 0.221 e. The molecule has 0 fully saturated rings. The largest absolute Gasteiger partial charge is 0.473 e. The number of rotatable bonds is 5. The van der Waals surface area contributed by atoms with Crippen molar-refractivity contribution in [3.05, 3.63) is 41.7 Å². The highest BCUT2D eigenvalue weighted by molar-refractivity contribution is 5.84. The molecule has 1 N–H and O–H groups in total. The van der Waals surface area contributed by atoms with E-state index in [4.69, 9.17) is 9.47 Å². The third kappa shape index (κ3) is 4.70. The first-order valence-corrected chi connectivity index (χ1v) is 5.29. The van der Waals surface area contributed by atoms with E-state index in [0.717, 1.165) is 11.1 Å². The summed E-state index contributed by atoms with van der Waals surface area (Å²) in [5, 5.41) is 2.72. The van der Waals surface area contributed by atoms with Gasteiger partial charge in [-0.2, -0.15) is 0 Å². The highest BCUT2D eigenvalue weighted by Gasteiger charge is 2.03. The number of nitrogens with one attached hydrogen (secondary N) is 1. The average molecular weight is 235 g/mol. The van der Waals surface area contributed by atoms with Crippen molar-refractivity contribution in [3.8, 4) is 0 Å². The van der Waals surface area contributed by atoms with Crippen LogP contribution in [0.2, 0.25) is 0 Å². The Morgan fingerprint density at radius 2 is 2.00 bits per heavy atom. The fourth-order valence-corrected chi connectivity index (χ4v) is 1.28. The van der Waals surface area contributed by atoms with Gasteiger partial charge in [-0.1, -0.05) is 29.8 Å². The van der Waals surface area contributed by atoms with E-state index in [1.165, 1.54) is 20.3 Å². The van der Waals surface area contributed by atoms with Crippen molar-refractivity contribution in [1.29, 1.82) is 0 Å². The Balaban J connectivity index is 2.85. The molecule has 0 saturated heterocycles. The van der Waals surface area contributed by atoms with Crippen LogP contribution in [0.4, 0.5) is 0 Å². The van der Waals surface area contributed by atoms with Crippen LogP contribution in [-0.4, -0.2) is 19.8 Å². The number of carbonyl (C=O) groups is 1. The lowest BCUT2D eigenvalue weighted by Gasteiger charge is -2.09. The van der Waals surface area contributed by atoms with Crippen LogP contribution in [0.1, 0.15) is 18.1 Å². The Morgan fingerprint density at radius 1 is 1.35 bits per heavy atom. The van der Waals surface area contributed by atoms with Crippen molar-refractivity contribution in [1.82, 2.24) is 5.32 Å². The van der Waals surface area contributed by atoms with E-state index in [0.29, 0.717) is 5.70 Å². The van der Waals surface area contributed by atoms with E-state index in [1.54, 1.807) is 0 Å². The second kappa shape index (κ2) is 6.70. The van der Waals surface area contributed by atoms with E-state index in [2.05, 4.69) is 5.32 Å². The van der Waals surface area contributed by atoms with Gasteiger partial charge in [-0.25, -0.2) is 0 Å². The first-order valence-electron chi connectivity index (χ1n) is 5.29. The lowest BCUT2D eigenvalue weighted by atomic mass is 10.1. The maximum atomic E-state index is 11.1. The number of hydrogen-bond acceptors (Lipinski definition) is 3. The standard InChI is InChI=1S/C13H17NO3/c1-10-4-6-12(7-5-10)13(14-11(2)15)8-17-9-16-3/h4-8H,9H2,1-3H3,(H,14,15)/b13-8+. The summed E-state index contributed by atoms with van der Waals surface area (Å²) in [6, 6.07) is 7.79. The summed E-state index contributed by atoms with van der Waals surface area (Å²) in [5.41, 5.74) is 2.67. The summed E-state index contributed by atoms with van der Waals surface area (Å²) >= 11 is 0. The third-order valence-corrected chi connectivity index (χ3v) is 2.06. The Bertz CT molecular complexity index is 396. The predicted molar refractivity (Wildman–Crippen MR) is 65.9 cm³/mol. The molecule has 1 aromatic rings. The Labute approximate surface area is 101 Å². The van der Waals surface area contributed by atoms with Crippen LogP contribution in [0, 0.1) is 6.92 Å². The van der Waals surface area contributed by atoms with Crippen molar-refractivity contribution in [2.45, 2.75) is 13.8 Å². The number of carbonyl (C=O) groups excluding carboxylic acids is 1. The molecular weight excluding hydrogens is 218 g/mol. The van der Waals surface area contributed by atoms with Crippen molar-refractivity contribution < 1.29 is 14.3 Å². The monoisotopic (exact) mass is 235 g/mol. The zero-order valence-electron chi connectivity index (χ0n) is 10.3. The minimum atomic E-state index is -0.141. The molecule has 0 aromatic heterocycles. The zero-order chi connectivity index (χ0) is 12.7. The van der Waals surface area contributed by atoms with Crippen molar-refractivity contribution >= 4 is 11.6 Å². The van der Waals surface area contributed by atoms with E-state index >= 15 is 0 Å². The van der Waals surface area contributed by atoms with Crippen LogP contribution >= 0.6 is 0 Å². The van der Waals surface area contributed by atoms with E-state index < -0.39 is 0 Å². The average Bonchev–Trinajstić information content (AvgIpc) is 2.28. The summed E-state index contributed by atoms with van der Waals surface area (Å²) < 4.78 is 9.90. The van der Waals surface area contributed by atoms with Crippen LogP contribution in [0.5, 0.6) is 0 Å². The summed E-state index contributed by atoms with van der Waals surface area (Å²) in [5.74, 6) is -0.141. The van der Waals surface area contributed by atoms with Gasteiger partial charge in [0.1, 0.15) is 6.26 Å². The van der Waals surface area contributed by atoms with Gasteiger partial charge in [0.05, 0.1) is 5.70 Å². The molecule has 0 aliphatic heterocycles. The highest BCUT2D eigenvalue weighted by atomic mass is 16.7.